The zero-order chi connectivity index (χ0) is 25.3. The quantitative estimate of drug-likeness (QED) is 0.401. The average Bonchev–Trinajstić information content (AvgIpc) is 3.46. The number of aromatic nitrogens is 5. The number of ether oxygens (including phenoxy) is 1. The minimum atomic E-state index is -0.525. The van der Waals surface area contributed by atoms with Crippen molar-refractivity contribution in [1.82, 2.24) is 29.7 Å². The Labute approximate surface area is 207 Å². The largest absolute Gasteiger partial charge is 0.480 e. The Morgan fingerprint density at radius 1 is 1.11 bits per heavy atom. The lowest BCUT2D eigenvalue weighted by Crippen LogP contribution is -2.38. The number of pyridine rings is 2. The molecule has 0 aliphatic heterocycles. The number of nitrogens with one attached hydrogen (secondary N) is 2. The number of rotatable bonds is 7. The third-order valence-corrected chi connectivity index (χ3v) is 6.06. The SMILES string of the molecule is COc1cc(C(=O)Nc2c(C)cc3ccnn3c2C(=O)NC(C)C(C)C)n(-c2ncccc2Cl)n1. The summed E-state index contributed by atoms with van der Waals surface area (Å²) in [5.74, 6) is -0.175. The van der Waals surface area contributed by atoms with Gasteiger partial charge in [0.1, 0.15) is 5.69 Å². The number of nitrogens with zero attached hydrogens (tertiary/aromatic N) is 5. The third kappa shape index (κ3) is 4.69. The summed E-state index contributed by atoms with van der Waals surface area (Å²) in [5.41, 5.74) is 2.11. The maximum Gasteiger partial charge on any atom is 0.274 e. The van der Waals surface area contributed by atoms with Gasteiger partial charge in [-0.05, 0) is 49.6 Å². The van der Waals surface area contributed by atoms with Crippen LogP contribution in [0.4, 0.5) is 5.69 Å². The predicted molar refractivity (Wildman–Crippen MR) is 133 cm³/mol. The summed E-state index contributed by atoms with van der Waals surface area (Å²) in [5, 5.41) is 14.8. The molecule has 0 aliphatic rings. The van der Waals surface area contributed by atoms with E-state index < -0.39 is 5.91 Å². The minimum Gasteiger partial charge on any atom is -0.480 e. The smallest absolute Gasteiger partial charge is 0.274 e. The summed E-state index contributed by atoms with van der Waals surface area (Å²) in [4.78, 5) is 31.1. The summed E-state index contributed by atoms with van der Waals surface area (Å²) in [6, 6.07) is 8.35. The van der Waals surface area contributed by atoms with Gasteiger partial charge in [-0.2, -0.15) is 5.10 Å². The molecule has 0 spiro atoms. The van der Waals surface area contributed by atoms with Gasteiger partial charge in [0.05, 0.1) is 29.5 Å². The van der Waals surface area contributed by atoms with E-state index >= 15 is 0 Å². The first-order chi connectivity index (χ1) is 16.7. The zero-order valence-electron chi connectivity index (χ0n) is 20.0. The van der Waals surface area contributed by atoms with E-state index in [1.807, 2.05) is 33.8 Å². The standard InChI is InChI=1S/C24H26ClN7O3/c1-13(2)15(4)28-24(34)21-20(14(3)11-16-8-10-27-31(16)21)29-23(33)18-12-19(35-5)30-32(18)22-17(25)7-6-9-26-22/h6-13,15H,1-5H3,(H,28,34)(H,29,33). The first kappa shape index (κ1) is 24.2. The lowest BCUT2D eigenvalue weighted by atomic mass is 10.1. The van der Waals surface area contributed by atoms with E-state index in [2.05, 4.69) is 25.8 Å². The number of aryl methyl sites for hydroxylation is 1. The van der Waals surface area contributed by atoms with E-state index in [0.29, 0.717) is 16.3 Å². The molecule has 4 rings (SSSR count). The van der Waals surface area contributed by atoms with Crippen LogP contribution in [0.2, 0.25) is 5.02 Å². The van der Waals surface area contributed by atoms with Crippen molar-refractivity contribution in [1.29, 1.82) is 0 Å². The maximum absolute atomic E-state index is 13.5. The Bertz CT molecular complexity index is 1410. The summed E-state index contributed by atoms with van der Waals surface area (Å²) in [7, 11) is 1.45. The van der Waals surface area contributed by atoms with Crippen LogP contribution in [0, 0.1) is 12.8 Å². The fraction of sp³-hybridized carbons (Fsp3) is 0.292. The van der Waals surface area contributed by atoms with Gasteiger partial charge in [-0.15, -0.1) is 5.10 Å². The van der Waals surface area contributed by atoms with Crippen LogP contribution in [0.25, 0.3) is 11.3 Å². The number of fused-ring (bicyclic) bond motifs is 1. The highest BCUT2D eigenvalue weighted by molar-refractivity contribution is 6.32. The Balaban J connectivity index is 1.79. The molecule has 0 aliphatic carbocycles. The fourth-order valence-electron chi connectivity index (χ4n) is 3.50. The van der Waals surface area contributed by atoms with Gasteiger partial charge in [0.2, 0.25) is 5.88 Å². The van der Waals surface area contributed by atoms with Crippen LogP contribution in [-0.2, 0) is 0 Å². The van der Waals surface area contributed by atoms with Crippen molar-refractivity contribution in [3.05, 3.63) is 64.7 Å². The van der Waals surface area contributed by atoms with Gasteiger partial charge in [-0.25, -0.2) is 14.2 Å². The molecule has 0 bridgehead atoms. The van der Waals surface area contributed by atoms with Gasteiger partial charge in [-0.3, -0.25) is 9.59 Å². The highest BCUT2D eigenvalue weighted by Gasteiger charge is 2.26. The second kappa shape index (κ2) is 9.75. The second-order valence-corrected chi connectivity index (χ2v) is 8.88. The molecule has 35 heavy (non-hydrogen) atoms. The summed E-state index contributed by atoms with van der Waals surface area (Å²) in [6.07, 6.45) is 3.15. The van der Waals surface area contributed by atoms with Crippen LogP contribution >= 0.6 is 11.6 Å². The molecule has 0 fully saturated rings. The van der Waals surface area contributed by atoms with Gasteiger partial charge in [0.15, 0.2) is 11.5 Å². The molecule has 0 aromatic carbocycles. The van der Waals surface area contributed by atoms with Crippen molar-refractivity contribution in [2.45, 2.75) is 33.7 Å². The first-order valence-electron chi connectivity index (χ1n) is 11.1. The Hall–Kier alpha value is -3.92. The van der Waals surface area contributed by atoms with E-state index in [4.69, 9.17) is 16.3 Å². The molecular weight excluding hydrogens is 470 g/mol. The maximum atomic E-state index is 13.5. The van der Waals surface area contributed by atoms with Crippen LogP contribution in [0.3, 0.4) is 0 Å². The number of carbonyl (C=O) groups excluding carboxylic acids is 2. The number of amides is 2. The average molecular weight is 496 g/mol. The van der Waals surface area contributed by atoms with Crippen molar-refractivity contribution in [3.63, 3.8) is 0 Å². The van der Waals surface area contributed by atoms with Gasteiger partial charge in [0.25, 0.3) is 11.8 Å². The summed E-state index contributed by atoms with van der Waals surface area (Å²) >= 11 is 6.31. The molecule has 182 valence electrons. The van der Waals surface area contributed by atoms with Gasteiger partial charge in [0, 0.05) is 18.3 Å². The molecule has 4 aromatic rings. The van der Waals surface area contributed by atoms with Crippen LogP contribution < -0.4 is 15.4 Å². The normalized spacial score (nSPS) is 12.1. The van der Waals surface area contributed by atoms with Gasteiger partial charge >= 0.3 is 0 Å². The van der Waals surface area contributed by atoms with Crippen LogP contribution in [-0.4, -0.2) is 49.3 Å². The van der Waals surface area contributed by atoms with Crippen LogP contribution in [0.5, 0.6) is 5.88 Å². The van der Waals surface area contributed by atoms with E-state index in [1.54, 1.807) is 30.6 Å². The number of hydrogen-bond donors (Lipinski definition) is 2. The molecule has 11 heteroatoms. The molecular formula is C24H26ClN7O3. The fourth-order valence-corrected chi connectivity index (χ4v) is 3.70. The summed E-state index contributed by atoms with van der Waals surface area (Å²) < 4.78 is 8.05. The monoisotopic (exact) mass is 495 g/mol. The van der Waals surface area contributed by atoms with Crippen molar-refractivity contribution in [3.8, 4) is 11.7 Å². The molecule has 0 radical (unpaired) electrons. The topological polar surface area (TPSA) is 115 Å². The Morgan fingerprint density at radius 2 is 1.89 bits per heavy atom. The zero-order valence-corrected chi connectivity index (χ0v) is 20.8. The number of halogens is 1. The molecule has 4 heterocycles. The second-order valence-electron chi connectivity index (χ2n) is 8.47. The summed E-state index contributed by atoms with van der Waals surface area (Å²) in [6.45, 7) is 7.78. The van der Waals surface area contributed by atoms with E-state index in [-0.39, 0.29) is 41.0 Å². The molecule has 0 saturated carbocycles. The van der Waals surface area contributed by atoms with Gasteiger partial charge in [-0.1, -0.05) is 25.4 Å². The van der Waals surface area contributed by atoms with Crippen LogP contribution in [0.1, 0.15) is 47.3 Å². The molecule has 10 nitrogen and oxygen atoms in total. The minimum absolute atomic E-state index is 0.0887. The molecule has 1 atom stereocenters. The molecule has 2 amide bonds. The third-order valence-electron chi connectivity index (χ3n) is 5.76. The van der Waals surface area contributed by atoms with Gasteiger partial charge < -0.3 is 15.4 Å². The molecule has 1 unspecified atom stereocenters. The van der Waals surface area contributed by atoms with Crippen molar-refractivity contribution in [2.75, 3.05) is 12.4 Å². The van der Waals surface area contributed by atoms with E-state index in [9.17, 15) is 9.59 Å². The van der Waals surface area contributed by atoms with Crippen molar-refractivity contribution < 1.29 is 14.3 Å². The van der Waals surface area contributed by atoms with E-state index in [0.717, 1.165) is 5.52 Å². The number of carbonyl (C=O) groups is 2. The lowest BCUT2D eigenvalue weighted by Gasteiger charge is -2.20. The predicted octanol–water partition coefficient (Wildman–Crippen LogP) is 3.91. The van der Waals surface area contributed by atoms with Crippen molar-refractivity contribution >= 4 is 34.6 Å². The lowest BCUT2D eigenvalue weighted by molar-refractivity contribution is 0.0924. The van der Waals surface area contributed by atoms with E-state index in [1.165, 1.54) is 22.4 Å². The number of methoxy groups -OCH3 is 1. The molecule has 2 N–H and O–H groups in total. The van der Waals surface area contributed by atoms with Crippen molar-refractivity contribution in [2.24, 2.45) is 5.92 Å². The molecule has 4 aromatic heterocycles. The van der Waals surface area contributed by atoms with Crippen LogP contribution in [0.15, 0.2) is 42.7 Å². The Morgan fingerprint density at radius 3 is 2.57 bits per heavy atom. The first-order valence-corrected chi connectivity index (χ1v) is 11.4. The highest BCUT2D eigenvalue weighted by Crippen LogP contribution is 2.27. The number of hydrogen-bond acceptors (Lipinski definition) is 6. The Kier molecular flexibility index (Phi) is 6.74. The number of anilines is 1. The highest BCUT2D eigenvalue weighted by atomic mass is 35.5. The molecule has 0 saturated heterocycles.